The van der Waals surface area contributed by atoms with E-state index < -0.39 is 42.0 Å². The molecule has 1 aromatic carbocycles. The molecular weight excluding hydrogens is 534 g/mol. The highest BCUT2D eigenvalue weighted by atomic mass is 32.2. The van der Waals surface area contributed by atoms with Crippen molar-refractivity contribution in [2.45, 2.75) is 74.6 Å². The molecule has 5 rings (SSSR count). The number of carbonyl (C=O) groups excluding carboxylic acids is 1. The molecule has 6 unspecified atom stereocenters. The Bertz CT molecular complexity index is 1350. The van der Waals surface area contributed by atoms with Crippen molar-refractivity contribution in [3.05, 3.63) is 35.4 Å². The van der Waals surface area contributed by atoms with E-state index in [1.807, 2.05) is 6.92 Å². The fraction of sp³-hybridized carbons (Fsp3) is 0.560. The summed E-state index contributed by atoms with van der Waals surface area (Å²) in [6, 6.07) is 3.20. The monoisotopic (exact) mass is 564 g/mol. The van der Waals surface area contributed by atoms with Crippen LogP contribution in [0.5, 0.6) is 0 Å². The molecule has 6 atom stereocenters. The standard InChI is InChI=1S/C25H30F2N6O5S/c1-3-8-39-25-29-23(28-17-10-14(17)13-4-5-15(26)16(27)9-13)20-24(30-25)33(32-31-20)18-11-19(22(36)21(18)35)38-7-6-37-12(2)34/h4-5,9,14,17-19,21-22,35-36H,3,6-8,10-11H2,1-2H3,(H,28,29,30). The normalized spacial score (nSPS) is 26.2. The maximum absolute atomic E-state index is 13.8. The van der Waals surface area contributed by atoms with Crippen LogP contribution in [0.2, 0.25) is 0 Å². The molecule has 2 aliphatic carbocycles. The minimum Gasteiger partial charge on any atom is -0.463 e. The summed E-state index contributed by atoms with van der Waals surface area (Å²) < 4.78 is 39.1. The molecule has 0 bridgehead atoms. The summed E-state index contributed by atoms with van der Waals surface area (Å²) >= 11 is 1.47. The number of anilines is 1. The molecule has 2 heterocycles. The van der Waals surface area contributed by atoms with Gasteiger partial charge >= 0.3 is 5.97 Å². The smallest absolute Gasteiger partial charge is 0.302 e. The zero-order chi connectivity index (χ0) is 27.7. The van der Waals surface area contributed by atoms with Gasteiger partial charge < -0.3 is 25.0 Å². The number of carbonyl (C=O) groups is 1. The molecule has 0 amide bonds. The van der Waals surface area contributed by atoms with Crippen molar-refractivity contribution in [3.8, 4) is 0 Å². The lowest BCUT2D eigenvalue weighted by Gasteiger charge is -2.17. The second kappa shape index (κ2) is 11.7. The zero-order valence-corrected chi connectivity index (χ0v) is 22.3. The summed E-state index contributed by atoms with van der Waals surface area (Å²) in [5.74, 6) is -0.954. The molecule has 0 spiro atoms. The molecule has 39 heavy (non-hydrogen) atoms. The van der Waals surface area contributed by atoms with Crippen LogP contribution >= 0.6 is 11.8 Å². The molecule has 3 aromatic rings. The van der Waals surface area contributed by atoms with Crippen molar-refractivity contribution >= 4 is 34.7 Å². The lowest BCUT2D eigenvalue weighted by Crippen LogP contribution is -2.33. The van der Waals surface area contributed by atoms with Crippen molar-refractivity contribution in [1.29, 1.82) is 0 Å². The van der Waals surface area contributed by atoms with Gasteiger partial charge in [-0.3, -0.25) is 4.79 Å². The molecule has 0 radical (unpaired) electrons. The number of hydrogen-bond donors (Lipinski definition) is 3. The van der Waals surface area contributed by atoms with Crippen LogP contribution in [0.4, 0.5) is 14.6 Å². The predicted molar refractivity (Wildman–Crippen MR) is 137 cm³/mol. The number of hydrogen-bond acceptors (Lipinski definition) is 11. The Labute approximate surface area is 227 Å². The van der Waals surface area contributed by atoms with Gasteiger partial charge in [0.1, 0.15) is 18.8 Å². The van der Waals surface area contributed by atoms with Gasteiger partial charge in [0.25, 0.3) is 0 Å². The molecular formula is C25H30F2N6O5S. The minimum atomic E-state index is -1.19. The summed E-state index contributed by atoms with van der Waals surface area (Å²) in [6.07, 6.45) is -1.20. The molecule has 2 aliphatic rings. The minimum absolute atomic E-state index is 0.0106. The van der Waals surface area contributed by atoms with Crippen LogP contribution < -0.4 is 5.32 Å². The van der Waals surface area contributed by atoms with E-state index in [2.05, 4.69) is 25.6 Å². The summed E-state index contributed by atoms with van der Waals surface area (Å²) in [6.45, 7) is 3.46. The number of nitrogens with zero attached hydrogens (tertiary/aromatic N) is 5. The van der Waals surface area contributed by atoms with Gasteiger partial charge in [0.2, 0.25) is 0 Å². The van der Waals surface area contributed by atoms with E-state index in [1.54, 1.807) is 6.07 Å². The zero-order valence-electron chi connectivity index (χ0n) is 21.5. The van der Waals surface area contributed by atoms with Crippen molar-refractivity contribution in [1.82, 2.24) is 25.0 Å². The number of esters is 1. The predicted octanol–water partition coefficient (Wildman–Crippen LogP) is 2.58. The number of benzene rings is 1. The second-order valence-electron chi connectivity index (χ2n) is 9.71. The lowest BCUT2D eigenvalue weighted by molar-refractivity contribution is -0.144. The van der Waals surface area contributed by atoms with Gasteiger partial charge in [-0.1, -0.05) is 30.0 Å². The van der Waals surface area contributed by atoms with Crippen LogP contribution in [0, 0.1) is 11.6 Å². The van der Waals surface area contributed by atoms with Crippen LogP contribution in [0.25, 0.3) is 11.2 Å². The Morgan fingerprint density at radius 3 is 2.74 bits per heavy atom. The molecule has 2 aromatic heterocycles. The Morgan fingerprint density at radius 2 is 2.00 bits per heavy atom. The van der Waals surface area contributed by atoms with Crippen LogP contribution in [-0.4, -0.2) is 84.5 Å². The lowest BCUT2D eigenvalue weighted by atomic mass is 10.1. The summed E-state index contributed by atoms with van der Waals surface area (Å²) in [4.78, 5) is 20.3. The van der Waals surface area contributed by atoms with Gasteiger partial charge in [0.15, 0.2) is 33.8 Å². The molecule has 3 N–H and O–H groups in total. The highest BCUT2D eigenvalue weighted by Gasteiger charge is 2.45. The van der Waals surface area contributed by atoms with E-state index in [0.29, 0.717) is 34.1 Å². The number of rotatable bonds is 11. The fourth-order valence-corrected chi connectivity index (χ4v) is 5.49. The highest BCUT2D eigenvalue weighted by Crippen LogP contribution is 2.44. The number of halogens is 2. The first-order valence-corrected chi connectivity index (χ1v) is 13.8. The number of aliphatic hydroxyl groups excluding tert-OH is 2. The van der Waals surface area contributed by atoms with E-state index in [0.717, 1.165) is 18.2 Å². The first-order valence-electron chi connectivity index (χ1n) is 12.8. The molecule has 210 valence electrons. The topological polar surface area (TPSA) is 145 Å². The maximum atomic E-state index is 13.8. The Balaban J connectivity index is 1.37. The molecule has 0 saturated heterocycles. The number of thioether (sulfide) groups is 1. The Kier molecular flexibility index (Phi) is 8.26. The molecule has 11 nitrogen and oxygen atoms in total. The number of nitrogens with one attached hydrogen (secondary N) is 1. The maximum Gasteiger partial charge on any atom is 0.302 e. The highest BCUT2D eigenvalue weighted by molar-refractivity contribution is 7.99. The van der Waals surface area contributed by atoms with Gasteiger partial charge in [-0.25, -0.2) is 23.4 Å². The van der Waals surface area contributed by atoms with Gasteiger partial charge in [0.05, 0.1) is 18.8 Å². The van der Waals surface area contributed by atoms with Crippen LogP contribution in [-0.2, 0) is 14.3 Å². The van der Waals surface area contributed by atoms with Gasteiger partial charge in [-0.15, -0.1) is 5.10 Å². The van der Waals surface area contributed by atoms with E-state index in [-0.39, 0.29) is 31.6 Å². The van der Waals surface area contributed by atoms with Crippen molar-refractivity contribution in [2.75, 3.05) is 24.3 Å². The van der Waals surface area contributed by atoms with Gasteiger partial charge in [-0.2, -0.15) is 0 Å². The van der Waals surface area contributed by atoms with Crippen LogP contribution in [0.1, 0.15) is 50.6 Å². The van der Waals surface area contributed by atoms with Crippen LogP contribution in [0.3, 0.4) is 0 Å². The Hall–Kier alpha value is -2.94. The third kappa shape index (κ3) is 5.98. The van der Waals surface area contributed by atoms with E-state index >= 15 is 0 Å². The summed E-state index contributed by atoms with van der Waals surface area (Å²) in [7, 11) is 0. The number of ether oxygens (including phenoxy) is 2. The van der Waals surface area contributed by atoms with E-state index in [4.69, 9.17) is 9.47 Å². The van der Waals surface area contributed by atoms with E-state index in [9.17, 15) is 23.8 Å². The number of fused-ring (bicyclic) bond motifs is 1. The van der Waals surface area contributed by atoms with Crippen molar-refractivity contribution < 1.29 is 33.3 Å². The summed E-state index contributed by atoms with van der Waals surface area (Å²) in [5, 5.41) is 33.8. The largest absolute Gasteiger partial charge is 0.463 e. The Morgan fingerprint density at radius 1 is 1.18 bits per heavy atom. The molecule has 2 saturated carbocycles. The first kappa shape index (κ1) is 27.6. The van der Waals surface area contributed by atoms with E-state index in [1.165, 1.54) is 29.4 Å². The van der Waals surface area contributed by atoms with Crippen molar-refractivity contribution in [2.24, 2.45) is 0 Å². The van der Waals surface area contributed by atoms with Gasteiger partial charge in [-0.05, 0) is 30.5 Å². The SMILES string of the molecule is CCCSc1nc(NC2CC2c2ccc(F)c(F)c2)c2nnn(C3CC(OCCOC(C)=O)C(O)C3O)c2n1. The third-order valence-electron chi connectivity index (χ3n) is 6.86. The molecule has 0 aliphatic heterocycles. The van der Waals surface area contributed by atoms with Gasteiger partial charge in [0, 0.05) is 31.1 Å². The van der Waals surface area contributed by atoms with Crippen molar-refractivity contribution in [3.63, 3.8) is 0 Å². The average Bonchev–Trinajstić information content (AvgIpc) is 3.45. The quantitative estimate of drug-likeness (QED) is 0.137. The van der Waals surface area contributed by atoms with Crippen LogP contribution in [0.15, 0.2) is 23.4 Å². The fourth-order valence-electron chi connectivity index (χ4n) is 4.79. The molecule has 14 heteroatoms. The third-order valence-corrected chi connectivity index (χ3v) is 7.91. The number of aliphatic hydroxyl groups is 2. The second-order valence-corrected chi connectivity index (χ2v) is 10.8. The first-order chi connectivity index (χ1) is 18.8. The average molecular weight is 565 g/mol. The summed E-state index contributed by atoms with van der Waals surface area (Å²) in [5.41, 5.74) is 1.49. The molecule has 2 fully saturated rings. The number of aromatic nitrogens is 5.